The van der Waals surface area contributed by atoms with Crippen molar-refractivity contribution in [2.75, 3.05) is 37.4 Å². The number of rotatable bonds is 8. The second-order valence-corrected chi connectivity index (χ2v) is 7.25. The van der Waals surface area contributed by atoms with Crippen LogP contribution in [0.15, 0.2) is 72.9 Å². The van der Waals surface area contributed by atoms with Crippen LogP contribution < -0.4 is 10.2 Å². The molecule has 3 rings (SSSR count). The monoisotopic (exact) mass is 388 g/mol. The molecule has 29 heavy (non-hydrogen) atoms. The summed E-state index contributed by atoms with van der Waals surface area (Å²) in [4.78, 5) is 21.7. The Morgan fingerprint density at radius 3 is 2.24 bits per heavy atom. The molecule has 0 spiro atoms. The second kappa shape index (κ2) is 9.85. The molecule has 0 aliphatic carbocycles. The Hall–Kier alpha value is -3.18. The van der Waals surface area contributed by atoms with E-state index in [4.69, 9.17) is 0 Å². The zero-order chi connectivity index (χ0) is 20.6. The summed E-state index contributed by atoms with van der Waals surface area (Å²) in [5.74, 6) is -0.135. The van der Waals surface area contributed by atoms with Crippen molar-refractivity contribution in [1.82, 2.24) is 9.88 Å². The molecule has 1 N–H and O–H groups in total. The number of pyridine rings is 1. The van der Waals surface area contributed by atoms with Gasteiger partial charge >= 0.3 is 0 Å². The van der Waals surface area contributed by atoms with E-state index in [2.05, 4.69) is 46.3 Å². The van der Waals surface area contributed by atoms with Gasteiger partial charge < -0.3 is 15.1 Å². The van der Waals surface area contributed by atoms with Crippen molar-refractivity contribution >= 4 is 23.0 Å². The molecule has 0 aliphatic rings. The van der Waals surface area contributed by atoms with E-state index < -0.39 is 0 Å². The summed E-state index contributed by atoms with van der Waals surface area (Å²) in [7, 11) is 4.16. The topological polar surface area (TPSA) is 48.5 Å². The average molecular weight is 389 g/mol. The number of nitrogens with zero attached hydrogens (tertiary/aromatic N) is 3. The molecule has 1 heterocycles. The average Bonchev–Trinajstić information content (AvgIpc) is 2.74. The molecular weight excluding hydrogens is 360 g/mol. The highest BCUT2D eigenvalue weighted by atomic mass is 16.1. The van der Waals surface area contributed by atoms with Gasteiger partial charge in [-0.3, -0.25) is 9.78 Å². The van der Waals surface area contributed by atoms with Crippen molar-refractivity contribution in [1.29, 1.82) is 0 Å². The number of nitrogens with one attached hydrogen (secondary N) is 1. The van der Waals surface area contributed by atoms with Crippen LogP contribution in [0.2, 0.25) is 0 Å². The Balaban J connectivity index is 1.95. The number of hydrogen-bond acceptors (Lipinski definition) is 4. The van der Waals surface area contributed by atoms with Gasteiger partial charge in [0.25, 0.3) is 5.91 Å². The SMILES string of the molecule is Cc1nccc(N(CCCN(C)C)c2ccccc2)c1NC(=O)c1ccccc1. The third kappa shape index (κ3) is 5.42. The van der Waals surface area contributed by atoms with Gasteiger partial charge in [0.2, 0.25) is 0 Å². The van der Waals surface area contributed by atoms with E-state index in [1.807, 2.05) is 61.5 Å². The van der Waals surface area contributed by atoms with Crippen molar-refractivity contribution in [3.8, 4) is 0 Å². The van der Waals surface area contributed by atoms with Gasteiger partial charge in [-0.25, -0.2) is 0 Å². The molecule has 0 atom stereocenters. The van der Waals surface area contributed by atoms with Crippen LogP contribution in [0, 0.1) is 6.92 Å². The minimum absolute atomic E-state index is 0.135. The van der Waals surface area contributed by atoms with Gasteiger partial charge in [-0.15, -0.1) is 0 Å². The van der Waals surface area contributed by atoms with Gasteiger partial charge in [-0.05, 0) is 64.3 Å². The molecular formula is C24H28N4O. The minimum atomic E-state index is -0.135. The maximum absolute atomic E-state index is 12.8. The first kappa shape index (κ1) is 20.6. The molecule has 0 bridgehead atoms. The van der Waals surface area contributed by atoms with Crippen LogP contribution in [0.4, 0.5) is 17.1 Å². The highest BCUT2D eigenvalue weighted by molar-refractivity contribution is 6.06. The van der Waals surface area contributed by atoms with Crippen molar-refractivity contribution < 1.29 is 4.79 Å². The van der Waals surface area contributed by atoms with Crippen LogP contribution in [0.1, 0.15) is 22.5 Å². The Labute approximate surface area is 173 Å². The van der Waals surface area contributed by atoms with Gasteiger partial charge in [-0.1, -0.05) is 36.4 Å². The quantitative estimate of drug-likeness (QED) is 0.606. The molecule has 0 fully saturated rings. The number of benzene rings is 2. The fourth-order valence-electron chi connectivity index (χ4n) is 3.25. The predicted molar refractivity (Wildman–Crippen MR) is 120 cm³/mol. The molecule has 0 unspecified atom stereocenters. The third-order valence-corrected chi connectivity index (χ3v) is 4.74. The van der Waals surface area contributed by atoms with Crippen LogP contribution >= 0.6 is 0 Å². The Bertz CT molecular complexity index is 926. The molecule has 0 radical (unpaired) electrons. The van der Waals surface area contributed by atoms with Crippen LogP contribution in [-0.2, 0) is 0 Å². The van der Waals surface area contributed by atoms with Crippen molar-refractivity contribution in [2.45, 2.75) is 13.3 Å². The normalized spacial score (nSPS) is 10.8. The van der Waals surface area contributed by atoms with Crippen LogP contribution in [-0.4, -0.2) is 43.0 Å². The molecule has 3 aromatic rings. The number of para-hydroxylation sites is 1. The fraction of sp³-hybridized carbons (Fsp3) is 0.250. The Morgan fingerprint density at radius 1 is 0.931 bits per heavy atom. The van der Waals surface area contributed by atoms with Gasteiger partial charge in [-0.2, -0.15) is 0 Å². The van der Waals surface area contributed by atoms with E-state index in [1.54, 1.807) is 6.20 Å². The molecule has 1 aromatic heterocycles. The largest absolute Gasteiger partial charge is 0.340 e. The standard InChI is InChI=1S/C24H28N4O/c1-19-23(26-24(29)20-11-6-4-7-12-20)22(15-16-25-19)28(18-10-17-27(2)3)21-13-8-5-9-14-21/h4-9,11-16H,10,17-18H2,1-3H3,(H,26,29). The molecule has 0 saturated carbocycles. The zero-order valence-corrected chi connectivity index (χ0v) is 17.3. The van der Waals surface area contributed by atoms with Crippen molar-refractivity contribution in [3.63, 3.8) is 0 Å². The lowest BCUT2D eigenvalue weighted by molar-refractivity contribution is 0.102. The van der Waals surface area contributed by atoms with Gasteiger partial charge in [0.15, 0.2) is 0 Å². The maximum atomic E-state index is 12.8. The molecule has 2 aromatic carbocycles. The van der Waals surface area contributed by atoms with Gasteiger partial charge in [0.1, 0.15) is 0 Å². The third-order valence-electron chi connectivity index (χ3n) is 4.74. The number of amides is 1. The number of hydrogen-bond donors (Lipinski definition) is 1. The summed E-state index contributed by atoms with van der Waals surface area (Å²) >= 11 is 0. The summed E-state index contributed by atoms with van der Waals surface area (Å²) in [6, 6.07) is 21.5. The van der Waals surface area contributed by atoms with E-state index in [0.717, 1.165) is 42.3 Å². The van der Waals surface area contributed by atoms with Crippen molar-refractivity contribution in [3.05, 3.63) is 84.2 Å². The number of anilines is 3. The molecule has 0 saturated heterocycles. The first-order chi connectivity index (χ1) is 14.1. The molecule has 5 nitrogen and oxygen atoms in total. The molecule has 1 amide bonds. The van der Waals surface area contributed by atoms with E-state index in [0.29, 0.717) is 5.56 Å². The van der Waals surface area contributed by atoms with E-state index in [1.165, 1.54) is 0 Å². The van der Waals surface area contributed by atoms with Crippen LogP contribution in [0.25, 0.3) is 0 Å². The summed E-state index contributed by atoms with van der Waals surface area (Å²) in [6.07, 6.45) is 2.79. The first-order valence-electron chi connectivity index (χ1n) is 9.85. The summed E-state index contributed by atoms with van der Waals surface area (Å²) < 4.78 is 0. The minimum Gasteiger partial charge on any atom is -0.340 e. The van der Waals surface area contributed by atoms with E-state index in [9.17, 15) is 4.79 Å². The highest BCUT2D eigenvalue weighted by Crippen LogP contribution is 2.34. The predicted octanol–water partition coefficient (Wildman–Crippen LogP) is 4.73. The van der Waals surface area contributed by atoms with Crippen LogP contribution in [0.3, 0.4) is 0 Å². The first-order valence-corrected chi connectivity index (χ1v) is 9.85. The fourth-order valence-corrected chi connectivity index (χ4v) is 3.25. The van der Waals surface area contributed by atoms with E-state index in [-0.39, 0.29) is 5.91 Å². The van der Waals surface area contributed by atoms with Gasteiger partial charge in [0.05, 0.1) is 17.1 Å². The lowest BCUT2D eigenvalue weighted by Crippen LogP contribution is -2.25. The summed E-state index contributed by atoms with van der Waals surface area (Å²) in [6.45, 7) is 3.74. The highest BCUT2D eigenvalue weighted by Gasteiger charge is 2.18. The number of aryl methyl sites for hydroxylation is 1. The van der Waals surface area contributed by atoms with E-state index >= 15 is 0 Å². The summed E-state index contributed by atoms with van der Waals surface area (Å²) in [5.41, 5.74) is 4.20. The zero-order valence-electron chi connectivity index (χ0n) is 17.3. The number of aromatic nitrogens is 1. The second-order valence-electron chi connectivity index (χ2n) is 7.25. The number of carbonyl (C=O) groups excluding carboxylic acids is 1. The summed E-state index contributed by atoms with van der Waals surface area (Å²) in [5, 5.41) is 3.09. The van der Waals surface area contributed by atoms with Crippen molar-refractivity contribution in [2.24, 2.45) is 0 Å². The van der Waals surface area contributed by atoms with Crippen LogP contribution in [0.5, 0.6) is 0 Å². The maximum Gasteiger partial charge on any atom is 0.255 e. The van der Waals surface area contributed by atoms with Gasteiger partial charge in [0, 0.05) is 24.0 Å². The molecule has 0 aliphatic heterocycles. The molecule has 5 heteroatoms. The lowest BCUT2D eigenvalue weighted by atomic mass is 10.1. The lowest BCUT2D eigenvalue weighted by Gasteiger charge is -2.28. The molecule has 150 valence electrons. The Kier molecular flexibility index (Phi) is 6.98. The number of carbonyl (C=O) groups is 1. The smallest absolute Gasteiger partial charge is 0.255 e. The Morgan fingerprint density at radius 2 is 1.59 bits per heavy atom.